The molecule has 0 spiro atoms. The van der Waals surface area contributed by atoms with Crippen molar-refractivity contribution in [1.29, 1.82) is 0 Å². The number of nitrogens with zero attached hydrogens (tertiary/aromatic N) is 3. The number of hydrogen-bond donors (Lipinski definition) is 0. The van der Waals surface area contributed by atoms with E-state index in [1.165, 1.54) is 107 Å². The fourth-order valence-corrected chi connectivity index (χ4v) is 6.43. The molecule has 0 saturated carbocycles. The van der Waals surface area contributed by atoms with Gasteiger partial charge in [-0.2, -0.15) is 0 Å². The van der Waals surface area contributed by atoms with Crippen LogP contribution in [0.5, 0.6) is 0 Å². The minimum absolute atomic E-state index is 0.135. The summed E-state index contributed by atoms with van der Waals surface area (Å²) in [5, 5.41) is 0. The second kappa shape index (κ2) is 15.2. The molecule has 1 saturated heterocycles. The van der Waals surface area contributed by atoms with Gasteiger partial charge in [0.05, 0.1) is 11.0 Å². The van der Waals surface area contributed by atoms with E-state index in [1.54, 1.807) is 0 Å². The second-order valence-corrected chi connectivity index (χ2v) is 11.9. The molecule has 0 aliphatic carbocycles. The third-order valence-electron chi connectivity index (χ3n) is 8.62. The van der Waals surface area contributed by atoms with Gasteiger partial charge in [0, 0.05) is 31.1 Å². The lowest BCUT2D eigenvalue weighted by molar-refractivity contribution is -0.117. The van der Waals surface area contributed by atoms with Crippen LogP contribution >= 0.6 is 0 Å². The Morgan fingerprint density at radius 1 is 0.744 bits per heavy atom. The van der Waals surface area contributed by atoms with Gasteiger partial charge < -0.3 is 9.47 Å². The minimum atomic E-state index is 0.135. The van der Waals surface area contributed by atoms with Gasteiger partial charge in [-0.15, -0.1) is 0 Å². The monoisotopic (exact) mass is 529 g/mol. The van der Waals surface area contributed by atoms with Crippen LogP contribution in [0.4, 0.5) is 5.69 Å². The van der Waals surface area contributed by atoms with Crippen LogP contribution in [0.1, 0.15) is 126 Å². The first kappa shape index (κ1) is 29.4. The average Bonchev–Trinajstić information content (AvgIpc) is 3.49. The fourth-order valence-electron chi connectivity index (χ4n) is 6.43. The molecule has 1 amide bonds. The number of carbonyl (C=O) groups excluding carboxylic acids is 1. The summed E-state index contributed by atoms with van der Waals surface area (Å²) in [6, 6.07) is 14.8. The van der Waals surface area contributed by atoms with E-state index in [1.807, 2.05) is 4.90 Å². The lowest BCUT2D eigenvalue weighted by Gasteiger charge is -2.21. The third-order valence-corrected chi connectivity index (χ3v) is 8.62. The zero-order valence-corrected chi connectivity index (χ0v) is 24.9. The van der Waals surface area contributed by atoms with Gasteiger partial charge in [0.2, 0.25) is 5.91 Å². The van der Waals surface area contributed by atoms with E-state index in [2.05, 4.69) is 67.8 Å². The summed E-state index contributed by atoms with van der Waals surface area (Å²) in [6.45, 7) is 8.20. The highest BCUT2D eigenvalue weighted by Crippen LogP contribution is 2.36. The molecule has 212 valence electrons. The van der Waals surface area contributed by atoms with E-state index in [-0.39, 0.29) is 11.8 Å². The van der Waals surface area contributed by atoms with Crippen molar-refractivity contribution in [3.05, 3.63) is 59.4 Å². The van der Waals surface area contributed by atoms with Crippen LogP contribution in [-0.4, -0.2) is 22.0 Å². The molecule has 0 radical (unpaired) electrons. The van der Waals surface area contributed by atoms with Gasteiger partial charge in [-0.25, -0.2) is 4.98 Å². The molecule has 1 atom stereocenters. The highest BCUT2D eigenvalue weighted by atomic mass is 16.2. The maximum Gasteiger partial charge on any atom is 0.227 e. The molecule has 1 aliphatic heterocycles. The first-order valence-electron chi connectivity index (χ1n) is 15.9. The predicted octanol–water partition coefficient (Wildman–Crippen LogP) is 9.65. The largest absolute Gasteiger partial charge is 0.328 e. The molecule has 0 bridgehead atoms. The molecule has 1 unspecified atom stereocenters. The van der Waals surface area contributed by atoms with Crippen LogP contribution in [0, 0.1) is 13.8 Å². The van der Waals surface area contributed by atoms with Crippen LogP contribution in [0.25, 0.3) is 11.0 Å². The van der Waals surface area contributed by atoms with Gasteiger partial charge in [-0.05, 0) is 43.5 Å². The van der Waals surface area contributed by atoms with Crippen molar-refractivity contribution in [2.45, 2.75) is 130 Å². The number of fused-ring (bicyclic) bond motifs is 1. The molecule has 4 rings (SSSR count). The topological polar surface area (TPSA) is 38.1 Å². The summed E-state index contributed by atoms with van der Waals surface area (Å²) >= 11 is 0. The highest BCUT2D eigenvalue weighted by molar-refractivity contribution is 5.98. The van der Waals surface area contributed by atoms with Crippen molar-refractivity contribution >= 4 is 22.6 Å². The molecule has 1 aliphatic rings. The zero-order valence-electron chi connectivity index (χ0n) is 24.9. The van der Waals surface area contributed by atoms with Crippen molar-refractivity contribution < 1.29 is 4.79 Å². The number of amides is 1. The van der Waals surface area contributed by atoms with E-state index in [4.69, 9.17) is 4.98 Å². The van der Waals surface area contributed by atoms with Gasteiger partial charge >= 0.3 is 0 Å². The molecule has 0 N–H and O–H groups in total. The molecule has 4 nitrogen and oxygen atoms in total. The summed E-state index contributed by atoms with van der Waals surface area (Å²) < 4.78 is 2.42. The lowest BCUT2D eigenvalue weighted by Crippen LogP contribution is -2.26. The van der Waals surface area contributed by atoms with Gasteiger partial charge in [0.25, 0.3) is 0 Å². The Morgan fingerprint density at radius 2 is 1.31 bits per heavy atom. The van der Waals surface area contributed by atoms with E-state index >= 15 is 0 Å². The van der Waals surface area contributed by atoms with Crippen molar-refractivity contribution in [1.82, 2.24) is 9.55 Å². The molecule has 1 fully saturated rings. The number of aryl methyl sites for hydroxylation is 3. The number of hydrogen-bond acceptors (Lipinski definition) is 2. The summed E-state index contributed by atoms with van der Waals surface area (Å²) in [6.07, 6.45) is 19.8. The Labute approximate surface area is 237 Å². The van der Waals surface area contributed by atoms with E-state index < -0.39 is 0 Å². The molecule has 2 heterocycles. The number of benzene rings is 2. The summed E-state index contributed by atoms with van der Waals surface area (Å²) in [4.78, 5) is 20.3. The van der Waals surface area contributed by atoms with Gasteiger partial charge in [0.15, 0.2) is 0 Å². The number of anilines is 1. The Hall–Kier alpha value is -2.62. The van der Waals surface area contributed by atoms with Gasteiger partial charge in [0.1, 0.15) is 5.82 Å². The van der Waals surface area contributed by atoms with Crippen molar-refractivity contribution in [2.24, 2.45) is 0 Å². The van der Waals surface area contributed by atoms with E-state index in [0.29, 0.717) is 13.0 Å². The van der Waals surface area contributed by atoms with Crippen LogP contribution in [0.3, 0.4) is 0 Å². The maximum atomic E-state index is 13.2. The van der Waals surface area contributed by atoms with Crippen LogP contribution < -0.4 is 4.90 Å². The maximum absolute atomic E-state index is 13.2. The van der Waals surface area contributed by atoms with E-state index in [0.717, 1.165) is 23.6 Å². The molecular weight excluding hydrogens is 478 g/mol. The van der Waals surface area contributed by atoms with Crippen LogP contribution in [-0.2, 0) is 11.3 Å². The van der Waals surface area contributed by atoms with E-state index in [9.17, 15) is 4.79 Å². The lowest BCUT2D eigenvalue weighted by atomic mass is 10.0. The van der Waals surface area contributed by atoms with Crippen molar-refractivity contribution in [2.75, 3.05) is 11.4 Å². The number of unbranched alkanes of at least 4 members (excludes halogenated alkanes) is 13. The number of imidazole rings is 1. The van der Waals surface area contributed by atoms with Gasteiger partial charge in [-0.1, -0.05) is 121 Å². The standard InChI is InChI=1S/C35H51N3O/c1-4-5-6-7-8-9-10-11-12-13-14-15-16-19-25-37-32-24-18-17-23-31(32)36-35(37)30-26-33(39)38(27-30)34-28(2)21-20-22-29(34)3/h17-18,20-24,30H,4-16,19,25-27H2,1-3H3. The summed E-state index contributed by atoms with van der Waals surface area (Å²) in [7, 11) is 0. The van der Waals surface area contributed by atoms with Crippen molar-refractivity contribution in [3.63, 3.8) is 0 Å². The number of rotatable bonds is 17. The zero-order chi connectivity index (χ0) is 27.5. The minimum Gasteiger partial charge on any atom is -0.328 e. The molecule has 4 heteroatoms. The number of carbonyl (C=O) groups is 1. The molecule has 3 aromatic rings. The molecule has 1 aromatic heterocycles. The Morgan fingerprint density at radius 3 is 1.92 bits per heavy atom. The quantitative estimate of drug-likeness (QED) is 0.163. The third kappa shape index (κ3) is 7.96. The first-order valence-corrected chi connectivity index (χ1v) is 15.9. The van der Waals surface area contributed by atoms with Crippen LogP contribution in [0.15, 0.2) is 42.5 Å². The Kier molecular flexibility index (Phi) is 11.5. The van der Waals surface area contributed by atoms with Gasteiger partial charge in [-0.3, -0.25) is 4.79 Å². The Balaban J connectivity index is 1.25. The highest BCUT2D eigenvalue weighted by Gasteiger charge is 2.35. The average molecular weight is 530 g/mol. The van der Waals surface area contributed by atoms with Crippen LogP contribution in [0.2, 0.25) is 0 Å². The first-order chi connectivity index (χ1) is 19.1. The number of aromatic nitrogens is 2. The number of para-hydroxylation sites is 3. The predicted molar refractivity (Wildman–Crippen MR) is 166 cm³/mol. The molecular formula is C35H51N3O. The Bertz CT molecular complexity index is 1160. The molecule has 2 aromatic carbocycles. The van der Waals surface area contributed by atoms with Crippen molar-refractivity contribution in [3.8, 4) is 0 Å². The summed E-state index contributed by atoms with van der Waals surface area (Å²) in [5.41, 5.74) is 5.68. The fraction of sp³-hybridized carbons (Fsp3) is 0.600. The molecule has 39 heavy (non-hydrogen) atoms. The summed E-state index contributed by atoms with van der Waals surface area (Å²) in [5.74, 6) is 1.44. The SMILES string of the molecule is CCCCCCCCCCCCCCCCn1c(C2CC(=O)N(c3c(C)cccc3C)C2)nc2ccccc21. The normalized spacial score (nSPS) is 15.6. The second-order valence-electron chi connectivity index (χ2n) is 11.9. The smallest absolute Gasteiger partial charge is 0.227 e.